The zero-order valence-electron chi connectivity index (χ0n) is 22.5. The lowest BCUT2D eigenvalue weighted by Crippen LogP contribution is -2.11. The summed E-state index contributed by atoms with van der Waals surface area (Å²) in [5.74, 6) is 0. The molecule has 2 rings (SSSR count). The molecule has 0 radical (unpaired) electrons. The fourth-order valence-corrected chi connectivity index (χ4v) is 3.66. The number of unbranched alkanes of at least 4 members (excludes halogenated alkanes) is 1. The molecule has 0 nitrogen and oxygen atoms in total. The van der Waals surface area contributed by atoms with Crippen LogP contribution in [-0.2, 0) is 5.41 Å². The van der Waals surface area contributed by atoms with Crippen LogP contribution in [0.5, 0.6) is 0 Å². The zero-order valence-corrected chi connectivity index (χ0v) is 22.5. The molecule has 0 unspecified atom stereocenters. The van der Waals surface area contributed by atoms with E-state index in [1.807, 2.05) is 19.9 Å². The van der Waals surface area contributed by atoms with Gasteiger partial charge < -0.3 is 0 Å². The van der Waals surface area contributed by atoms with E-state index in [2.05, 4.69) is 127 Å². The van der Waals surface area contributed by atoms with Gasteiger partial charge in [-0.2, -0.15) is 0 Å². The smallest absolute Gasteiger partial charge is 0.00305 e. The highest BCUT2D eigenvalue weighted by Crippen LogP contribution is 2.36. The minimum atomic E-state index is 0.0705. The van der Waals surface area contributed by atoms with Gasteiger partial charge in [-0.3, -0.25) is 0 Å². The van der Waals surface area contributed by atoms with Gasteiger partial charge in [-0.05, 0) is 63.3 Å². The lowest BCUT2D eigenvalue weighted by atomic mass is 9.82. The molecule has 0 atom stereocenters. The number of hydrogen-bond donors (Lipinski definition) is 0. The second kappa shape index (κ2) is 14.2. The highest BCUT2D eigenvalue weighted by molar-refractivity contribution is 5.88. The van der Waals surface area contributed by atoms with Crippen LogP contribution in [0.1, 0.15) is 78.0 Å². The molecule has 180 valence electrons. The molecule has 0 aliphatic carbocycles. The van der Waals surface area contributed by atoms with Crippen LogP contribution in [-0.4, -0.2) is 0 Å². The third-order valence-electron chi connectivity index (χ3n) is 5.46. The summed E-state index contributed by atoms with van der Waals surface area (Å²) in [7, 11) is 0. The van der Waals surface area contributed by atoms with Crippen molar-refractivity contribution in [3.63, 3.8) is 0 Å². The topological polar surface area (TPSA) is 0 Å². The van der Waals surface area contributed by atoms with E-state index in [-0.39, 0.29) is 5.41 Å². The van der Waals surface area contributed by atoms with Gasteiger partial charge in [0.15, 0.2) is 0 Å². The molecule has 0 fully saturated rings. The summed E-state index contributed by atoms with van der Waals surface area (Å²) in [6.45, 7) is 27.7. The van der Waals surface area contributed by atoms with E-state index in [1.165, 1.54) is 11.1 Å². The van der Waals surface area contributed by atoms with Gasteiger partial charge in [0.25, 0.3) is 0 Å². The summed E-state index contributed by atoms with van der Waals surface area (Å²) in [5, 5.41) is 0. The Morgan fingerprint density at radius 1 is 0.882 bits per heavy atom. The molecule has 0 heterocycles. The third kappa shape index (κ3) is 8.34. The van der Waals surface area contributed by atoms with Gasteiger partial charge >= 0.3 is 0 Å². The number of rotatable bonds is 9. The second-order valence-electron chi connectivity index (χ2n) is 9.28. The monoisotopic (exact) mass is 452 g/mol. The maximum atomic E-state index is 4.44. The number of hydrogen-bond acceptors (Lipinski definition) is 0. The molecule has 2 aromatic carbocycles. The Bertz CT molecular complexity index is 1050. The van der Waals surface area contributed by atoms with Crippen LogP contribution in [0.2, 0.25) is 0 Å². The first-order chi connectivity index (χ1) is 16.2. The lowest BCUT2D eigenvalue weighted by Gasteiger charge is -2.22. The molecule has 0 aliphatic heterocycles. The maximum absolute atomic E-state index is 4.44. The molecule has 0 saturated carbocycles. The van der Waals surface area contributed by atoms with Gasteiger partial charge in [0.05, 0.1) is 0 Å². The van der Waals surface area contributed by atoms with Gasteiger partial charge in [0.2, 0.25) is 0 Å². The van der Waals surface area contributed by atoms with Crippen molar-refractivity contribution in [1.82, 2.24) is 0 Å². The van der Waals surface area contributed by atoms with E-state index in [9.17, 15) is 0 Å². The quantitative estimate of drug-likeness (QED) is 0.332. The summed E-state index contributed by atoms with van der Waals surface area (Å²) in [5.41, 5.74) is 9.03. The summed E-state index contributed by atoms with van der Waals surface area (Å²) in [6.07, 6.45) is 10.5. The van der Waals surface area contributed by atoms with Crippen molar-refractivity contribution in [2.75, 3.05) is 0 Å². The standard InChI is InChI=1S/C32H38.C2H6/c1-9-11-16-26(10-2)22-21-25(5)30(24(3)4)31(27-17-13-12-14-18-27)28-19-15-20-29(23-28)32(6,7)8;1-2/h10,12-23H,2-3,5,9,11H2,1,4,6-8H3;1-2H3/b22-21+,26-16+,31-30+;. The average Bonchev–Trinajstić information content (AvgIpc) is 2.83. The minimum Gasteiger partial charge on any atom is -0.0985 e. The van der Waals surface area contributed by atoms with Crippen LogP contribution in [0.25, 0.3) is 5.57 Å². The highest BCUT2D eigenvalue weighted by atomic mass is 14.2. The molecule has 0 N–H and O–H groups in total. The predicted octanol–water partition coefficient (Wildman–Crippen LogP) is 10.4. The predicted molar refractivity (Wildman–Crippen MR) is 155 cm³/mol. The van der Waals surface area contributed by atoms with Crippen molar-refractivity contribution in [3.05, 3.63) is 138 Å². The molecule has 0 saturated heterocycles. The van der Waals surface area contributed by atoms with Gasteiger partial charge in [-0.1, -0.05) is 147 Å². The van der Waals surface area contributed by atoms with Crippen molar-refractivity contribution in [2.45, 2.75) is 66.7 Å². The number of allylic oxidation sites excluding steroid dienone is 8. The molecule has 2 aromatic rings. The maximum Gasteiger partial charge on any atom is -0.00305 e. The van der Waals surface area contributed by atoms with Gasteiger partial charge in [-0.25, -0.2) is 0 Å². The largest absolute Gasteiger partial charge is 0.0985 e. The van der Waals surface area contributed by atoms with Gasteiger partial charge in [0, 0.05) is 0 Å². The van der Waals surface area contributed by atoms with Crippen LogP contribution in [0, 0.1) is 0 Å². The second-order valence-corrected chi connectivity index (χ2v) is 9.28. The summed E-state index contributed by atoms with van der Waals surface area (Å²) in [4.78, 5) is 0. The molecular weight excluding hydrogens is 408 g/mol. The Hall–Kier alpha value is -3.12. The average molecular weight is 453 g/mol. The Kier molecular flexibility index (Phi) is 12.1. The van der Waals surface area contributed by atoms with E-state index in [1.54, 1.807) is 0 Å². The van der Waals surface area contributed by atoms with Crippen LogP contribution in [0.4, 0.5) is 0 Å². The van der Waals surface area contributed by atoms with E-state index in [0.717, 1.165) is 46.3 Å². The first kappa shape index (κ1) is 28.9. The zero-order chi connectivity index (χ0) is 25.7. The Balaban J connectivity index is 0.00000281. The van der Waals surface area contributed by atoms with Crippen molar-refractivity contribution in [1.29, 1.82) is 0 Å². The van der Waals surface area contributed by atoms with Crippen LogP contribution < -0.4 is 0 Å². The Morgan fingerprint density at radius 2 is 1.50 bits per heavy atom. The van der Waals surface area contributed by atoms with Gasteiger partial charge in [0.1, 0.15) is 0 Å². The van der Waals surface area contributed by atoms with Crippen molar-refractivity contribution in [2.24, 2.45) is 0 Å². The SMILES string of the molecule is C=CC(/C=C/C(=C)/C(C(=C)C)=C(\c1ccccc1)c1cccc(C(C)(C)C)c1)=C\CCC.CC. The summed E-state index contributed by atoms with van der Waals surface area (Å²) >= 11 is 0. The van der Waals surface area contributed by atoms with Crippen molar-refractivity contribution in [3.8, 4) is 0 Å². The Morgan fingerprint density at radius 3 is 2.03 bits per heavy atom. The molecule has 0 bridgehead atoms. The first-order valence-electron chi connectivity index (χ1n) is 12.5. The summed E-state index contributed by atoms with van der Waals surface area (Å²) < 4.78 is 0. The van der Waals surface area contributed by atoms with E-state index in [4.69, 9.17) is 0 Å². The molecule has 0 amide bonds. The molecule has 0 aliphatic rings. The third-order valence-corrected chi connectivity index (χ3v) is 5.46. The van der Waals surface area contributed by atoms with Crippen LogP contribution in [0.3, 0.4) is 0 Å². The fourth-order valence-electron chi connectivity index (χ4n) is 3.66. The molecular formula is C34H44. The van der Waals surface area contributed by atoms with Crippen LogP contribution >= 0.6 is 0 Å². The minimum absolute atomic E-state index is 0.0705. The van der Waals surface area contributed by atoms with E-state index in [0.29, 0.717) is 0 Å². The van der Waals surface area contributed by atoms with Crippen molar-refractivity contribution >= 4 is 5.57 Å². The summed E-state index contributed by atoms with van der Waals surface area (Å²) in [6, 6.07) is 19.4. The van der Waals surface area contributed by atoms with Gasteiger partial charge in [-0.15, -0.1) is 0 Å². The molecule has 0 spiro atoms. The molecule has 0 heteroatoms. The van der Waals surface area contributed by atoms with E-state index < -0.39 is 0 Å². The fraction of sp³-hybridized carbons (Fsp3) is 0.294. The molecule has 0 aromatic heterocycles. The van der Waals surface area contributed by atoms with E-state index >= 15 is 0 Å². The highest BCUT2D eigenvalue weighted by Gasteiger charge is 2.18. The number of benzene rings is 2. The normalized spacial score (nSPS) is 12.5. The van der Waals surface area contributed by atoms with Crippen molar-refractivity contribution < 1.29 is 0 Å². The Labute approximate surface area is 209 Å². The van der Waals surface area contributed by atoms with Crippen LogP contribution in [0.15, 0.2) is 121 Å². The lowest BCUT2D eigenvalue weighted by molar-refractivity contribution is 0.590. The molecule has 34 heavy (non-hydrogen) atoms. The first-order valence-corrected chi connectivity index (χ1v) is 12.5.